The van der Waals surface area contributed by atoms with Gasteiger partial charge in [-0.05, 0) is 29.7 Å². The summed E-state index contributed by atoms with van der Waals surface area (Å²) in [7, 11) is 0. The summed E-state index contributed by atoms with van der Waals surface area (Å²) in [4.78, 5) is 0. The van der Waals surface area contributed by atoms with E-state index in [1.807, 2.05) is 49.4 Å². The van der Waals surface area contributed by atoms with Gasteiger partial charge < -0.3 is 15.6 Å². The highest BCUT2D eigenvalue weighted by Gasteiger charge is 2.38. The number of nitrogens with two attached hydrogens (primary N) is 1. The first-order valence-electron chi connectivity index (χ1n) is 7.44. The normalized spacial score (nSPS) is 15.3. The molecule has 0 unspecified atom stereocenters. The van der Waals surface area contributed by atoms with Gasteiger partial charge in [0.1, 0.15) is 5.60 Å². The van der Waals surface area contributed by atoms with E-state index in [0.717, 1.165) is 11.1 Å². The van der Waals surface area contributed by atoms with Crippen molar-refractivity contribution < 1.29 is 9.84 Å². The maximum Gasteiger partial charge on any atom is 0.120 e. The molecule has 22 heavy (non-hydrogen) atoms. The van der Waals surface area contributed by atoms with Crippen molar-refractivity contribution in [2.24, 2.45) is 5.73 Å². The molecule has 4 heteroatoms. The Labute approximate surface area is 136 Å². The Kier molecular flexibility index (Phi) is 5.98. The van der Waals surface area contributed by atoms with Crippen molar-refractivity contribution in [1.29, 1.82) is 0 Å². The zero-order valence-corrected chi connectivity index (χ0v) is 13.5. The van der Waals surface area contributed by atoms with Gasteiger partial charge in [-0.25, -0.2) is 0 Å². The summed E-state index contributed by atoms with van der Waals surface area (Å²) in [5.41, 5.74) is 6.81. The molecule has 0 fully saturated rings. The van der Waals surface area contributed by atoms with Crippen molar-refractivity contribution in [1.82, 2.24) is 0 Å². The van der Waals surface area contributed by atoms with E-state index < -0.39 is 11.7 Å². The topological polar surface area (TPSA) is 55.5 Å². The van der Waals surface area contributed by atoms with Gasteiger partial charge in [-0.2, -0.15) is 0 Å². The molecule has 0 aromatic heterocycles. The van der Waals surface area contributed by atoms with Crippen molar-refractivity contribution in [2.45, 2.75) is 31.7 Å². The Bertz CT molecular complexity index is 573. The van der Waals surface area contributed by atoms with E-state index in [0.29, 0.717) is 18.1 Å². The fraction of sp³-hybridized carbons (Fsp3) is 0.333. The number of hydrogen-bond donors (Lipinski definition) is 2. The Balaban J connectivity index is 2.30. The second kappa shape index (κ2) is 7.75. The molecule has 0 amide bonds. The summed E-state index contributed by atoms with van der Waals surface area (Å²) >= 11 is 5.96. The van der Waals surface area contributed by atoms with E-state index in [-0.39, 0.29) is 6.54 Å². The minimum absolute atomic E-state index is 0.130. The van der Waals surface area contributed by atoms with E-state index in [4.69, 9.17) is 22.1 Å². The zero-order chi connectivity index (χ0) is 16.0. The molecule has 118 valence electrons. The molecule has 0 heterocycles. The van der Waals surface area contributed by atoms with Crippen LogP contribution in [0, 0.1) is 0 Å². The lowest BCUT2D eigenvalue weighted by Crippen LogP contribution is -2.45. The van der Waals surface area contributed by atoms with Crippen LogP contribution in [0.25, 0.3) is 0 Å². The van der Waals surface area contributed by atoms with Crippen LogP contribution >= 0.6 is 11.6 Å². The van der Waals surface area contributed by atoms with Crippen LogP contribution in [-0.2, 0) is 16.9 Å². The largest absolute Gasteiger partial charge is 0.388 e. The predicted molar refractivity (Wildman–Crippen MR) is 89.7 cm³/mol. The third-order valence-corrected chi connectivity index (χ3v) is 4.21. The van der Waals surface area contributed by atoms with E-state index >= 15 is 0 Å². The van der Waals surface area contributed by atoms with Crippen molar-refractivity contribution in [3.63, 3.8) is 0 Å². The maximum absolute atomic E-state index is 10.5. The van der Waals surface area contributed by atoms with Crippen LogP contribution in [0.1, 0.15) is 24.5 Å². The summed E-state index contributed by atoms with van der Waals surface area (Å²) < 4.78 is 6.17. The van der Waals surface area contributed by atoms with Crippen LogP contribution in [0.4, 0.5) is 0 Å². The molecule has 2 atom stereocenters. The number of halogens is 1. The molecule has 0 spiro atoms. The number of ether oxygens (including phenoxy) is 1. The highest BCUT2D eigenvalue weighted by Crippen LogP contribution is 2.34. The monoisotopic (exact) mass is 319 g/mol. The average molecular weight is 320 g/mol. The Morgan fingerprint density at radius 2 is 1.77 bits per heavy atom. The fourth-order valence-corrected chi connectivity index (χ4v) is 2.75. The lowest BCUT2D eigenvalue weighted by atomic mass is 9.85. The fourth-order valence-electron chi connectivity index (χ4n) is 2.62. The number of aliphatic hydroxyl groups is 1. The minimum Gasteiger partial charge on any atom is -0.388 e. The Morgan fingerprint density at radius 3 is 2.32 bits per heavy atom. The third-order valence-electron chi connectivity index (χ3n) is 3.96. The van der Waals surface area contributed by atoms with E-state index in [1.165, 1.54) is 0 Å². The standard InChI is InChI=1S/C18H22ClNO2/c1-2-18(17(21)12-20,15-8-10-16(19)11-9-15)22-13-14-6-4-3-5-7-14/h3-11,17,21H,2,12-13,20H2,1H3/t17-,18-/m1/s1. The first kappa shape index (κ1) is 17.0. The van der Waals surface area contributed by atoms with Crippen LogP contribution in [0.2, 0.25) is 5.02 Å². The van der Waals surface area contributed by atoms with Gasteiger partial charge >= 0.3 is 0 Å². The van der Waals surface area contributed by atoms with Crippen LogP contribution in [0.15, 0.2) is 54.6 Å². The molecular formula is C18H22ClNO2. The van der Waals surface area contributed by atoms with Gasteiger partial charge in [-0.1, -0.05) is 61.0 Å². The molecule has 2 aromatic rings. The lowest BCUT2D eigenvalue weighted by Gasteiger charge is -2.37. The summed E-state index contributed by atoms with van der Waals surface area (Å²) in [5, 5.41) is 11.1. The molecular weight excluding hydrogens is 298 g/mol. The van der Waals surface area contributed by atoms with Gasteiger partial charge in [-0.3, -0.25) is 0 Å². The summed E-state index contributed by atoms with van der Waals surface area (Å²) in [6.07, 6.45) is -0.179. The number of rotatable bonds is 7. The first-order valence-corrected chi connectivity index (χ1v) is 7.82. The second-order valence-electron chi connectivity index (χ2n) is 5.28. The smallest absolute Gasteiger partial charge is 0.120 e. The molecule has 3 nitrogen and oxygen atoms in total. The molecule has 3 N–H and O–H groups in total. The van der Waals surface area contributed by atoms with Crippen molar-refractivity contribution in [3.05, 3.63) is 70.7 Å². The minimum atomic E-state index is -0.838. The van der Waals surface area contributed by atoms with E-state index in [1.54, 1.807) is 12.1 Å². The van der Waals surface area contributed by atoms with Crippen LogP contribution in [0.5, 0.6) is 0 Å². The zero-order valence-electron chi connectivity index (χ0n) is 12.7. The maximum atomic E-state index is 10.5. The summed E-state index contributed by atoms with van der Waals surface area (Å²) in [6.45, 7) is 2.53. The molecule has 0 aliphatic carbocycles. The molecule has 0 saturated heterocycles. The van der Waals surface area contributed by atoms with E-state index in [9.17, 15) is 5.11 Å². The molecule has 2 aromatic carbocycles. The van der Waals surface area contributed by atoms with Gasteiger partial charge in [-0.15, -0.1) is 0 Å². The van der Waals surface area contributed by atoms with Crippen molar-refractivity contribution in [2.75, 3.05) is 6.54 Å². The molecule has 2 rings (SSSR count). The predicted octanol–water partition coefficient (Wildman–Crippen LogP) is 3.48. The summed E-state index contributed by atoms with van der Waals surface area (Å²) in [6, 6.07) is 17.3. The van der Waals surface area contributed by atoms with Crippen LogP contribution < -0.4 is 5.73 Å². The van der Waals surface area contributed by atoms with Crippen molar-refractivity contribution in [3.8, 4) is 0 Å². The lowest BCUT2D eigenvalue weighted by molar-refractivity contribution is -0.137. The first-order chi connectivity index (χ1) is 10.6. The number of hydrogen-bond acceptors (Lipinski definition) is 3. The molecule has 0 saturated carbocycles. The van der Waals surface area contributed by atoms with Gasteiger partial charge in [0, 0.05) is 11.6 Å². The highest BCUT2D eigenvalue weighted by molar-refractivity contribution is 6.30. The van der Waals surface area contributed by atoms with Crippen molar-refractivity contribution >= 4 is 11.6 Å². The molecule has 0 aliphatic heterocycles. The van der Waals surface area contributed by atoms with Crippen LogP contribution in [0.3, 0.4) is 0 Å². The van der Waals surface area contributed by atoms with Gasteiger partial charge in [0.05, 0.1) is 12.7 Å². The quantitative estimate of drug-likeness (QED) is 0.821. The molecule has 0 radical (unpaired) electrons. The van der Waals surface area contributed by atoms with Gasteiger partial charge in [0.25, 0.3) is 0 Å². The summed E-state index contributed by atoms with van der Waals surface area (Å²) in [5.74, 6) is 0. The molecule has 0 bridgehead atoms. The number of aliphatic hydroxyl groups excluding tert-OH is 1. The second-order valence-corrected chi connectivity index (χ2v) is 5.71. The molecule has 0 aliphatic rings. The third kappa shape index (κ3) is 3.68. The van der Waals surface area contributed by atoms with Gasteiger partial charge in [0.2, 0.25) is 0 Å². The van der Waals surface area contributed by atoms with Gasteiger partial charge in [0.15, 0.2) is 0 Å². The SMILES string of the molecule is CC[C@@](OCc1ccccc1)(c1ccc(Cl)cc1)[C@H](O)CN. The van der Waals surface area contributed by atoms with E-state index in [2.05, 4.69) is 0 Å². The average Bonchev–Trinajstić information content (AvgIpc) is 2.57. The highest BCUT2D eigenvalue weighted by atomic mass is 35.5. The van der Waals surface area contributed by atoms with Crippen LogP contribution in [-0.4, -0.2) is 17.8 Å². The Morgan fingerprint density at radius 1 is 1.14 bits per heavy atom. The Hall–Kier alpha value is -1.39. The number of benzene rings is 2.